The first kappa shape index (κ1) is 20.5. The molecule has 4 rings (SSSR count). The third-order valence-corrected chi connectivity index (χ3v) is 6.79. The fraction of sp³-hybridized carbons (Fsp3) is 0.471. The minimum absolute atomic E-state index is 0.335. The van der Waals surface area contributed by atoms with Gasteiger partial charge in [-0.1, -0.05) is 0 Å². The molecule has 10 nitrogen and oxygen atoms in total. The average Bonchev–Trinajstić information content (AvgIpc) is 3.35. The number of hydrogen-bond donors (Lipinski definition) is 5. The van der Waals surface area contributed by atoms with E-state index in [4.69, 9.17) is 14.6 Å². The molecular weight excluding hydrogens is 424 g/mol. The van der Waals surface area contributed by atoms with Gasteiger partial charge in [-0.2, -0.15) is 0 Å². The molecule has 29 heavy (non-hydrogen) atoms. The fourth-order valence-corrected chi connectivity index (χ4v) is 5.08. The van der Waals surface area contributed by atoms with Gasteiger partial charge in [-0.3, -0.25) is 4.99 Å². The van der Waals surface area contributed by atoms with Crippen LogP contribution in [-0.4, -0.2) is 90.6 Å². The number of ether oxygens (including phenoxy) is 2. The van der Waals surface area contributed by atoms with Gasteiger partial charge in [-0.25, -0.2) is 9.78 Å². The number of thiazole rings is 1. The van der Waals surface area contributed by atoms with Crippen LogP contribution >= 0.6 is 23.1 Å². The van der Waals surface area contributed by atoms with Crippen molar-refractivity contribution >= 4 is 44.3 Å². The molecule has 2 aliphatic rings. The summed E-state index contributed by atoms with van der Waals surface area (Å²) in [7, 11) is 0. The molecule has 1 aromatic heterocycles. The molecule has 6 atom stereocenters. The topological polar surface area (TPSA) is 162 Å². The third-order valence-electron chi connectivity index (χ3n) is 4.58. The monoisotopic (exact) mass is 442 g/mol. The summed E-state index contributed by atoms with van der Waals surface area (Å²) in [5.41, 5.74) is 0.674. The number of nitrogens with zero attached hydrogens (tertiary/aromatic N) is 2. The van der Waals surface area contributed by atoms with Crippen molar-refractivity contribution in [2.45, 2.75) is 36.7 Å². The maximum atomic E-state index is 11.1. The van der Waals surface area contributed by atoms with Gasteiger partial charge in [0.1, 0.15) is 40.2 Å². The lowest BCUT2D eigenvalue weighted by molar-refractivity contribution is -0.277. The number of aromatic nitrogens is 1. The average molecular weight is 442 g/mol. The first-order valence-corrected chi connectivity index (χ1v) is 10.5. The Morgan fingerprint density at radius 2 is 2.03 bits per heavy atom. The quantitative estimate of drug-likeness (QED) is 0.405. The zero-order valence-corrected chi connectivity index (χ0v) is 16.4. The van der Waals surface area contributed by atoms with E-state index in [1.165, 1.54) is 23.1 Å². The van der Waals surface area contributed by atoms with E-state index in [-0.39, 0.29) is 0 Å². The van der Waals surface area contributed by atoms with E-state index in [0.717, 1.165) is 4.70 Å². The molecule has 0 spiro atoms. The summed E-state index contributed by atoms with van der Waals surface area (Å²) in [6, 6.07) is 4.21. The van der Waals surface area contributed by atoms with Crippen LogP contribution < -0.4 is 4.74 Å². The lowest BCUT2D eigenvalue weighted by Gasteiger charge is -2.39. The highest BCUT2D eigenvalue weighted by molar-refractivity contribution is 8.15. The number of aliphatic hydroxyl groups is 4. The minimum atomic E-state index is -1.52. The Balaban J connectivity index is 1.54. The summed E-state index contributed by atoms with van der Waals surface area (Å²) >= 11 is 2.66. The second-order valence-corrected chi connectivity index (χ2v) is 8.60. The number of aliphatic hydroxyl groups excluding tert-OH is 4. The first-order chi connectivity index (χ1) is 13.9. The number of aliphatic imine (C=N–C) groups is 1. The van der Waals surface area contributed by atoms with Crippen LogP contribution in [0.15, 0.2) is 23.2 Å². The smallest absolute Gasteiger partial charge is 0.329 e. The van der Waals surface area contributed by atoms with Crippen molar-refractivity contribution in [3.05, 3.63) is 23.2 Å². The SMILES string of the molecule is O=C(O)[C@H]1CSC(c2nc3ccc(O[C@H]4O[C@H](CO)[C@@H](O)[C@H](O)[C@H]4O)cc3s2)=N1. The molecule has 0 saturated carbocycles. The predicted octanol–water partition coefficient (Wildman–Crippen LogP) is -0.578. The van der Waals surface area contributed by atoms with Gasteiger partial charge in [0.2, 0.25) is 6.29 Å². The zero-order chi connectivity index (χ0) is 20.7. The summed E-state index contributed by atoms with van der Waals surface area (Å²) in [4.78, 5) is 19.7. The van der Waals surface area contributed by atoms with Gasteiger partial charge in [-0.15, -0.1) is 23.1 Å². The molecule has 0 radical (unpaired) electrons. The molecule has 156 valence electrons. The fourth-order valence-electron chi connectivity index (χ4n) is 2.99. The molecule has 0 bridgehead atoms. The lowest BCUT2D eigenvalue weighted by atomic mass is 9.99. The number of fused-ring (bicyclic) bond motifs is 1. The molecule has 0 aliphatic carbocycles. The van der Waals surface area contributed by atoms with E-state index in [1.54, 1.807) is 18.2 Å². The summed E-state index contributed by atoms with van der Waals surface area (Å²) in [6.45, 7) is -0.542. The molecule has 5 N–H and O–H groups in total. The Hall–Kier alpha value is -1.80. The van der Waals surface area contributed by atoms with E-state index in [0.29, 0.717) is 27.1 Å². The molecule has 1 aromatic carbocycles. The van der Waals surface area contributed by atoms with Crippen LogP contribution in [0.25, 0.3) is 10.2 Å². The number of thioether (sulfide) groups is 1. The molecule has 1 saturated heterocycles. The standard InChI is InChI=1S/C17H18N2O8S2/c20-4-9-11(21)12(22)13(23)17(27-9)26-6-1-2-7-10(3-6)29-15(18-7)14-19-8(5-28-14)16(24)25/h1-3,8-9,11-13,17,20-23H,4-5H2,(H,24,25)/t8-,9-,11-,12+,13-,17+/m1/s1. The minimum Gasteiger partial charge on any atom is -0.480 e. The molecular formula is C17H18N2O8S2. The number of rotatable bonds is 5. The number of hydrogen-bond acceptors (Lipinski definition) is 11. The summed E-state index contributed by atoms with van der Waals surface area (Å²) in [5, 5.41) is 49.3. The summed E-state index contributed by atoms with van der Waals surface area (Å²) in [6.07, 6.45) is -6.82. The molecule has 2 aromatic rings. The van der Waals surface area contributed by atoms with Gasteiger partial charge in [0.25, 0.3) is 0 Å². The van der Waals surface area contributed by atoms with Crippen LogP contribution in [0.3, 0.4) is 0 Å². The van der Waals surface area contributed by atoms with E-state index >= 15 is 0 Å². The lowest BCUT2D eigenvalue weighted by Crippen LogP contribution is -2.60. The van der Waals surface area contributed by atoms with Gasteiger partial charge in [0.15, 0.2) is 6.04 Å². The Labute approximate surface area is 172 Å². The third kappa shape index (κ3) is 3.97. The van der Waals surface area contributed by atoms with Gasteiger partial charge >= 0.3 is 5.97 Å². The largest absolute Gasteiger partial charge is 0.480 e. The van der Waals surface area contributed by atoms with Gasteiger partial charge in [-0.05, 0) is 18.2 Å². The van der Waals surface area contributed by atoms with Crippen molar-refractivity contribution in [1.82, 2.24) is 4.98 Å². The van der Waals surface area contributed by atoms with E-state index < -0.39 is 49.3 Å². The maximum Gasteiger partial charge on any atom is 0.329 e. The molecule has 0 unspecified atom stereocenters. The molecule has 2 aliphatic heterocycles. The van der Waals surface area contributed by atoms with E-state index in [9.17, 15) is 25.2 Å². The number of carboxylic acid groups (broad SMARTS) is 1. The Morgan fingerprint density at radius 1 is 1.24 bits per heavy atom. The zero-order valence-electron chi connectivity index (χ0n) is 14.8. The van der Waals surface area contributed by atoms with Crippen molar-refractivity contribution < 1.29 is 39.8 Å². The van der Waals surface area contributed by atoms with Crippen LogP contribution in [-0.2, 0) is 9.53 Å². The van der Waals surface area contributed by atoms with Crippen molar-refractivity contribution in [3.63, 3.8) is 0 Å². The normalized spacial score (nSPS) is 32.3. The molecule has 3 heterocycles. The van der Waals surface area contributed by atoms with E-state index in [2.05, 4.69) is 9.98 Å². The second kappa shape index (κ2) is 8.14. The van der Waals surface area contributed by atoms with Gasteiger partial charge in [0, 0.05) is 5.75 Å². The Kier molecular flexibility index (Phi) is 5.75. The summed E-state index contributed by atoms with van der Waals surface area (Å²) < 4.78 is 11.7. The predicted molar refractivity (Wildman–Crippen MR) is 104 cm³/mol. The van der Waals surface area contributed by atoms with Crippen LogP contribution in [0.5, 0.6) is 5.75 Å². The van der Waals surface area contributed by atoms with Crippen LogP contribution in [0, 0.1) is 0 Å². The Morgan fingerprint density at radius 3 is 2.72 bits per heavy atom. The number of aliphatic carboxylic acids is 1. The van der Waals surface area contributed by atoms with Gasteiger partial charge in [0.05, 0.1) is 16.8 Å². The highest BCUT2D eigenvalue weighted by Crippen LogP contribution is 2.32. The Bertz CT molecular complexity index is 949. The van der Waals surface area contributed by atoms with Crippen LogP contribution in [0.4, 0.5) is 0 Å². The summed E-state index contributed by atoms with van der Waals surface area (Å²) in [5.74, 6) is -0.267. The van der Waals surface area contributed by atoms with Crippen LogP contribution in [0.2, 0.25) is 0 Å². The molecule has 0 amide bonds. The second-order valence-electron chi connectivity index (χ2n) is 6.56. The van der Waals surface area contributed by atoms with Gasteiger partial charge < -0.3 is 35.0 Å². The number of carboxylic acids is 1. The highest BCUT2D eigenvalue weighted by atomic mass is 32.2. The molecule has 1 fully saturated rings. The van der Waals surface area contributed by atoms with Crippen molar-refractivity contribution in [3.8, 4) is 5.75 Å². The van der Waals surface area contributed by atoms with Crippen molar-refractivity contribution in [1.29, 1.82) is 0 Å². The van der Waals surface area contributed by atoms with Crippen LogP contribution in [0.1, 0.15) is 5.01 Å². The van der Waals surface area contributed by atoms with Crippen molar-refractivity contribution in [2.24, 2.45) is 4.99 Å². The van der Waals surface area contributed by atoms with E-state index in [1.807, 2.05) is 0 Å². The first-order valence-electron chi connectivity index (χ1n) is 8.69. The number of benzene rings is 1. The highest BCUT2D eigenvalue weighted by Gasteiger charge is 2.44. The molecule has 12 heteroatoms. The number of carbonyl (C=O) groups is 1. The maximum absolute atomic E-state index is 11.1. The van der Waals surface area contributed by atoms with Crippen molar-refractivity contribution in [2.75, 3.05) is 12.4 Å².